The number of alkyl halides is 3. The number of hydrogen-bond acceptors (Lipinski definition) is 4. The predicted octanol–water partition coefficient (Wildman–Crippen LogP) is 7.69. The highest BCUT2D eigenvalue weighted by Gasteiger charge is 2.33. The number of pyridine rings is 1. The fourth-order valence-corrected chi connectivity index (χ4v) is 4.58. The molecule has 9 heteroatoms. The van der Waals surface area contributed by atoms with Crippen molar-refractivity contribution in [3.8, 4) is 28.5 Å². The number of para-hydroxylation sites is 1. The lowest BCUT2D eigenvalue weighted by atomic mass is 9.99. The van der Waals surface area contributed by atoms with Gasteiger partial charge in [-0.05, 0) is 24.3 Å². The number of thioether (sulfide) groups is 1. The van der Waals surface area contributed by atoms with Gasteiger partial charge in [0.2, 0.25) is 5.91 Å². The summed E-state index contributed by atoms with van der Waals surface area (Å²) in [6.45, 7) is 0. The summed E-state index contributed by atoms with van der Waals surface area (Å²) in [7, 11) is 0. The number of carbonyl (C=O) groups is 1. The highest BCUT2D eigenvalue weighted by molar-refractivity contribution is 8.00. The van der Waals surface area contributed by atoms with Gasteiger partial charge in [0.05, 0.1) is 28.3 Å². The topological polar surface area (TPSA) is 65.8 Å². The maximum Gasteiger partial charge on any atom is 0.418 e. The molecule has 3 aromatic carbocycles. The van der Waals surface area contributed by atoms with Crippen molar-refractivity contribution in [1.82, 2.24) is 4.98 Å². The van der Waals surface area contributed by atoms with Crippen LogP contribution in [-0.2, 0) is 11.0 Å². The molecule has 4 rings (SSSR count). The van der Waals surface area contributed by atoms with E-state index in [1.807, 2.05) is 30.3 Å². The van der Waals surface area contributed by atoms with Gasteiger partial charge in [-0.3, -0.25) is 4.79 Å². The normalized spacial score (nSPS) is 11.1. The molecule has 0 fully saturated rings. The first-order valence-corrected chi connectivity index (χ1v) is 12.0. The Hall–Kier alpha value is -3.80. The molecule has 0 atom stereocenters. The van der Waals surface area contributed by atoms with E-state index < -0.39 is 17.6 Å². The molecule has 0 saturated carbocycles. The van der Waals surface area contributed by atoms with E-state index in [9.17, 15) is 23.2 Å². The molecule has 4 nitrogen and oxygen atoms in total. The molecule has 1 aromatic heterocycles. The first kappa shape index (κ1) is 25.3. The number of anilines is 1. The summed E-state index contributed by atoms with van der Waals surface area (Å²) in [6, 6.07) is 25.0. The Bertz CT molecular complexity index is 1450. The summed E-state index contributed by atoms with van der Waals surface area (Å²) in [6.07, 6.45) is -4.61. The second-order valence-corrected chi connectivity index (χ2v) is 8.94. The van der Waals surface area contributed by atoms with Crippen LogP contribution < -0.4 is 5.32 Å². The van der Waals surface area contributed by atoms with Crippen LogP contribution in [0.25, 0.3) is 22.4 Å². The van der Waals surface area contributed by atoms with Gasteiger partial charge >= 0.3 is 6.18 Å². The number of nitriles is 1. The molecule has 4 aromatic rings. The summed E-state index contributed by atoms with van der Waals surface area (Å²) >= 11 is 7.38. The Morgan fingerprint density at radius 3 is 2.33 bits per heavy atom. The molecule has 180 valence electrons. The highest BCUT2D eigenvalue weighted by atomic mass is 35.5. The summed E-state index contributed by atoms with van der Waals surface area (Å²) in [5.74, 6) is -0.916. The van der Waals surface area contributed by atoms with Gasteiger partial charge in [-0.1, -0.05) is 84.0 Å². The van der Waals surface area contributed by atoms with E-state index in [1.54, 1.807) is 30.3 Å². The maximum atomic E-state index is 13.3. The molecule has 0 aliphatic heterocycles. The number of rotatable bonds is 6. The number of aromatic nitrogens is 1. The Balaban J connectivity index is 1.69. The molecular weight excluding hydrogens is 507 g/mol. The lowest BCUT2D eigenvalue weighted by Crippen LogP contribution is -2.18. The minimum Gasteiger partial charge on any atom is -0.325 e. The third-order valence-electron chi connectivity index (χ3n) is 5.18. The summed E-state index contributed by atoms with van der Waals surface area (Å²) in [5, 5.41) is 13.0. The fraction of sp³-hybridized carbons (Fsp3) is 0.0741. The monoisotopic (exact) mass is 523 g/mol. The van der Waals surface area contributed by atoms with Crippen LogP contribution >= 0.6 is 23.4 Å². The zero-order valence-corrected chi connectivity index (χ0v) is 20.1. The minimum absolute atomic E-state index is 0.219. The van der Waals surface area contributed by atoms with E-state index in [0.29, 0.717) is 21.8 Å². The maximum absolute atomic E-state index is 13.3. The lowest BCUT2D eigenvalue weighted by molar-refractivity contribution is -0.137. The number of benzene rings is 3. The van der Waals surface area contributed by atoms with E-state index in [1.165, 1.54) is 18.2 Å². The Morgan fingerprint density at radius 1 is 0.972 bits per heavy atom. The molecule has 1 N–H and O–H groups in total. The van der Waals surface area contributed by atoms with Crippen molar-refractivity contribution in [2.75, 3.05) is 11.1 Å². The van der Waals surface area contributed by atoms with Gasteiger partial charge in [0, 0.05) is 21.7 Å². The van der Waals surface area contributed by atoms with Crippen LogP contribution in [0.15, 0.2) is 90.0 Å². The van der Waals surface area contributed by atoms with Gasteiger partial charge in [-0.15, -0.1) is 0 Å². The molecule has 0 aliphatic carbocycles. The molecule has 36 heavy (non-hydrogen) atoms. The van der Waals surface area contributed by atoms with Gasteiger partial charge in [0.1, 0.15) is 11.1 Å². The van der Waals surface area contributed by atoms with Gasteiger partial charge in [-0.25, -0.2) is 4.98 Å². The first-order chi connectivity index (χ1) is 17.3. The first-order valence-electron chi connectivity index (χ1n) is 10.6. The third-order valence-corrected chi connectivity index (χ3v) is 6.48. The zero-order chi connectivity index (χ0) is 25.7. The molecule has 0 unspecified atom stereocenters. The van der Waals surface area contributed by atoms with Gasteiger partial charge < -0.3 is 5.32 Å². The van der Waals surface area contributed by atoms with Crippen LogP contribution in [0.2, 0.25) is 5.02 Å². The number of carbonyl (C=O) groups excluding carboxylic acids is 1. The number of halogens is 4. The molecule has 0 spiro atoms. The zero-order valence-electron chi connectivity index (χ0n) is 18.5. The van der Waals surface area contributed by atoms with E-state index in [2.05, 4.69) is 16.4 Å². The van der Waals surface area contributed by atoms with E-state index in [-0.39, 0.29) is 22.0 Å². The van der Waals surface area contributed by atoms with Crippen molar-refractivity contribution in [1.29, 1.82) is 5.26 Å². The van der Waals surface area contributed by atoms with Crippen LogP contribution in [0.3, 0.4) is 0 Å². The van der Waals surface area contributed by atoms with E-state index in [0.717, 1.165) is 23.4 Å². The number of amides is 1. The van der Waals surface area contributed by atoms with Gasteiger partial charge in [0.15, 0.2) is 0 Å². The average Bonchev–Trinajstić information content (AvgIpc) is 2.87. The van der Waals surface area contributed by atoms with Crippen LogP contribution in [0.1, 0.15) is 11.1 Å². The van der Waals surface area contributed by atoms with Crippen LogP contribution in [0.4, 0.5) is 18.9 Å². The SMILES string of the molecule is N#Cc1c(-c2ccccc2Cl)cc(-c2ccccc2)nc1SCC(=O)Nc1ccccc1C(F)(F)F. The molecule has 1 heterocycles. The molecule has 1 amide bonds. The number of nitrogens with zero attached hydrogens (tertiary/aromatic N) is 2. The largest absolute Gasteiger partial charge is 0.418 e. The fourth-order valence-electron chi connectivity index (χ4n) is 3.54. The lowest BCUT2D eigenvalue weighted by Gasteiger charge is -2.15. The number of hydrogen-bond donors (Lipinski definition) is 1. The molecule has 0 saturated heterocycles. The minimum atomic E-state index is -4.61. The van der Waals surface area contributed by atoms with Crippen LogP contribution in [-0.4, -0.2) is 16.6 Å². The molecule has 0 radical (unpaired) electrons. The third kappa shape index (κ3) is 5.70. The van der Waals surface area contributed by atoms with Crippen molar-refractivity contribution in [3.63, 3.8) is 0 Å². The smallest absolute Gasteiger partial charge is 0.325 e. The second-order valence-electron chi connectivity index (χ2n) is 7.57. The van der Waals surface area contributed by atoms with E-state index >= 15 is 0 Å². The molecule has 0 bridgehead atoms. The van der Waals surface area contributed by atoms with Crippen LogP contribution in [0.5, 0.6) is 0 Å². The Labute approximate surface area is 214 Å². The highest BCUT2D eigenvalue weighted by Crippen LogP contribution is 2.38. The van der Waals surface area contributed by atoms with Crippen molar-refractivity contribution in [2.45, 2.75) is 11.2 Å². The van der Waals surface area contributed by atoms with Crippen LogP contribution in [0, 0.1) is 11.3 Å². The molecular formula is C27H17ClF3N3OS. The van der Waals surface area contributed by atoms with Crippen molar-refractivity contribution < 1.29 is 18.0 Å². The Morgan fingerprint density at radius 2 is 1.64 bits per heavy atom. The Kier molecular flexibility index (Phi) is 7.63. The van der Waals surface area contributed by atoms with Crippen molar-refractivity contribution in [3.05, 3.63) is 101 Å². The number of nitrogens with one attached hydrogen (secondary N) is 1. The van der Waals surface area contributed by atoms with Crippen molar-refractivity contribution in [2.24, 2.45) is 0 Å². The standard InChI is InChI=1S/C27H17ClF3N3OS/c28-22-12-6-4-10-18(22)19-14-24(17-8-2-1-3-9-17)34-26(20(19)15-32)36-16-25(35)33-23-13-7-5-11-21(23)27(29,30)31/h1-14H,16H2,(H,33,35). The van der Waals surface area contributed by atoms with E-state index in [4.69, 9.17) is 11.6 Å². The average molecular weight is 524 g/mol. The summed E-state index contributed by atoms with van der Waals surface area (Å²) in [4.78, 5) is 17.2. The van der Waals surface area contributed by atoms with Gasteiger partial charge in [-0.2, -0.15) is 18.4 Å². The van der Waals surface area contributed by atoms with Crippen molar-refractivity contribution >= 4 is 35.0 Å². The van der Waals surface area contributed by atoms with Gasteiger partial charge in [0.25, 0.3) is 0 Å². The summed E-state index contributed by atoms with van der Waals surface area (Å²) < 4.78 is 39.8. The summed E-state index contributed by atoms with van der Waals surface area (Å²) in [5.41, 5.74) is 1.47. The second kappa shape index (κ2) is 10.9. The predicted molar refractivity (Wildman–Crippen MR) is 136 cm³/mol. The molecule has 0 aliphatic rings. The quantitative estimate of drug-likeness (QED) is 0.263.